The summed E-state index contributed by atoms with van der Waals surface area (Å²) >= 11 is 0. The number of anilines is 2. The van der Waals surface area contributed by atoms with Gasteiger partial charge in [-0.3, -0.25) is 4.79 Å². The maximum absolute atomic E-state index is 13.2. The van der Waals surface area contributed by atoms with Crippen molar-refractivity contribution < 1.29 is 22.7 Å². The molecule has 0 saturated carbocycles. The zero-order valence-corrected chi connectivity index (χ0v) is 20.5. The van der Waals surface area contributed by atoms with Gasteiger partial charge in [0.05, 0.1) is 20.3 Å². The third-order valence-electron chi connectivity index (χ3n) is 5.84. The number of carbonyl (C=O) groups is 1. The van der Waals surface area contributed by atoms with Crippen LogP contribution in [0.25, 0.3) is 0 Å². The van der Waals surface area contributed by atoms with Crippen LogP contribution in [0.15, 0.2) is 77.7 Å². The molecule has 0 aliphatic carbocycles. The highest BCUT2D eigenvalue weighted by Crippen LogP contribution is 2.29. The summed E-state index contributed by atoms with van der Waals surface area (Å²) in [6, 6.07) is 22.0. The first kappa shape index (κ1) is 24.7. The van der Waals surface area contributed by atoms with Gasteiger partial charge in [-0.15, -0.1) is 0 Å². The highest BCUT2D eigenvalue weighted by molar-refractivity contribution is 7.89. The number of rotatable bonds is 8. The van der Waals surface area contributed by atoms with Crippen molar-refractivity contribution >= 4 is 27.3 Å². The minimum Gasteiger partial charge on any atom is -0.495 e. The van der Waals surface area contributed by atoms with Gasteiger partial charge in [0.25, 0.3) is 5.91 Å². The second-order valence-corrected chi connectivity index (χ2v) is 10.1. The van der Waals surface area contributed by atoms with E-state index in [1.165, 1.54) is 29.1 Å². The van der Waals surface area contributed by atoms with Gasteiger partial charge in [0.2, 0.25) is 10.0 Å². The van der Waals surface area contributed by atoms with Crippen LogP contribution in [-0.2, 0) is 14.8 Å². The number of amides is 1. The summed E-state index contributed by atoms with van der Waals surface area (Å²) in [5, 5.41) is 6.26. The van der Waals surface area contributed by atoms with Crippen LogP contribution < -0.4 is 15.4 Å². The predicted molar refractivity (Wildman–Crippen MR) is 135 cm³/mol. The molecule has 8 nitrogen and oxygen atoms in total. The Balaban J connectivity index is 1.47. The molecule has 3 aromatic rings. The van der Waals surface area contributed by atoms with E-state index < -0.39 is 15.9 Å². The Labute approximate surface area is 205 Å². The number of nitrogens with zero attached hydrogens (tertiary/aromatic N) is 1. The van der Waals surface area contributed by atoms with Crippen molar-refractivity contribution in [2.45, 2.75) is 17.9 Å². The van der Waals surface area contributed by atoms with Gasteiger partial charge in [-0.2, -0.15) is 4.31 Å². The molecule has 1 heterocycles. The summed E-state index contributed by atoms with van der Waals surface area (Å²) in [5.41, 5.74) is 2.91. The van der Waals surface area contributed by atoms with Gasteiger partial charge in [-0.25, -0.2) is 8.42 Å². The minimum atomic E-state index is -3.83. The lowest BCUT2D eigenvalue weighted by molar-refractivity contribution is 0.0729. The first-order valence-electron chi connectivity index (χ1n) is 11.4. The number of morpholine rings is 1. The molecule has 1 unspecified atom stereocenters. The maximum Gasteiger partial charge on any atom is 0.255 e. The Bertz CT molecular complexity index is 1260. The first-order valence-corrected chi connectivity index (χ1v) is 12.8. The number of carbonyl (C=O) groups excluding carboxylic acids is 1. The lowest BCUT2D eigenvalue weighted by Gasteiger charge is -2.26. The molecule has 9 heteroatoms. The van der Waals surface area contributed by atoms with E-state index in [0.29, 0.717) is 18.9 Å². The van der Waals surface area contributed by atoms with Gasteiger partial charge in [0.15, 0.2) is 0 Å². The second kappa shape index (κ2) is 10.9. The normalized spacial score (nSPS) is 15.3. The van der Waals surface area contributed by atoms with E-state index in [0.717, 1.165) is 5.69 Å². The molecule has 184 valence electrons. The van der Waals surface area contributed by atoms with Crippen molar-refractivity contribution in [3.63, 3.8) is 0 Å². The molecule has 2 N–H and O–H groups in total. The molecule has 0 bridgehead atoms. The highest BCUT2D eigenvalue weighted by atomic mass is 32.2. The van der Waals surface area contributed by atoms with Gasteiger partial charge in [0.1, 0.15) is 10.6 Å². The zero-order chi connectivity index (χ0) is 24.8. The predicted octanol–water partition coefficient (Wildman–Crippen LogP) is 4.14. The molecular weight excluding hydrogens is 466 g/mol. The fourth-order valence-electron chi connectivity index (χ4n) is 3.87. The van der Waals surface area contributed by atoms with Gasteiger partial charge in [0, 0.05) is 36.1 Å². The molecule has 0 radical (unpaired) electrons. The molecule has 1 amide bonds. The van der Waals surface area contributed by atoms with Crippen LogP contribution in [-0.4, -0.2) is 52.0 Å². The lowest BCUT2D eigenvalue weighted by atomic mass is 10.1. The van der Waals surface area contributed by atoms with Crippen molar-refractivity contribution in [2.24, 2.45) is 0 Å². The third kappa shape index (κ3) is 5.82. The van der Waals surface area contributed by atoms with Crippen LogP contribution in [0.2, 0.25) is 0 Å². The zero-order valence-electron chi connectivity index (χ0n) is 19.7. The van der Waals surface area contributed by atoms with Crippen LogP contribution in [0.4, 0.5) is 11.4 Å². The summed E-state index contributed by atoms with van der Waals surface area (Å²) in [6.45, 7) is 3.25. The molecule has 1 saturated heterocycles. The summed E-state index contributed by atoms with van der Waals surface area (Å²) in [7, 11) is -2.43. The summed E-state index contributed by atoms with van der Waals surface area (Å²) in [5.74, 6) is -0.222. The largest absolute Gasteiger partial charge is 0.495 e. The fraction of sp³-hybridized carbons (Fsp3) is 0.269. The minimum absolute atomic E-state index is 0.0380. The Morgan fingerprint density at radius 2 is 1.63 bits per heavy atom. The van der Waals surface area contributed by atoms with Gasteiger partial charge >= 0.3 is 0 Å². The molecule has 1 aliphatic rings. The highest BCUT2D eigenvalue weighted by Gasteiger charge is 2.30. The van der Waals surface area contributed by atoms with E-state index in [4.69, 9.17) is 9.47 Å². The number of hydrogen-bond donors (Lipinski definition) is 2. The Kier molecular flexibility index (Phi) is 7.70. The molecule has 0 spiro atoms. The molecular formula is C26H29N3O5S. The first-order chi connectivity index (χ1) is 16.9. The van der Waals surface area contributed by atoms with Crippen molar-refractivity contribution in [1.29, 1.82) is 0 Å². The number of benzene rings is 3. The number of ether oxygens (including phenoxy) is 2. The number of hydrogen-bond acceptors (Lipinski definition) is 6. The second-order valence-electron chi connectivity index (χ2n) is 8.19. The molecule has 1 atom stereocenters. The molecule has 3 aromatic carbocycles. The van der Waals surface area contributed by atoms with Crippen molar-refractivity contribution in [1.82, 2.24) is 4.31 Å². The quantitative estimate of drug-likeness (QED) is 0.488. The molecule has 35 heavy (non-hydrogen) atoms. The van der Waals surface area contributed by atoms with Gasteiger partial charge in [-0.1, -0.05) is 30.3 Å². The van der Waals surface area contributed by atoms with Crippen LogP contribution in [0.5, 0.6) is 5.75 Å². The molecule has 4 rings (SSSR count). The Morgan fingerprint density at radius 1 is 0.971 bits per heavy atom. The fourth-order valence-corrected chi connectivity index (χ4v) is 5.46. The monoisotopic (exact) mass is 495 g/mol. The smallest absolute Gasteiger partial charge is 0.255 e. The van der Waals surface area contributed by atoms with E-state index in [2.05, 4.69) is 29.7 Å². The number of methoxy groups -OCH3 is 1. The maximum atomic E-state index is 13.2. The van der Waals surface area contributed by atoms with E-state index in [-0.39, 0.29) is 35.3 Å². The Hall–Kier alpha value is -3.40. The summed E-state index contributed by atoms with van der Waals surface area (Å²) < 4.78 is 38.2. The van der Waals surface area contributed by atoms with Crippen LogP contribution in [0, 0.1) is 0 Å². The van der Waals surface area contributed by atoms with E-state index in [9.17, 15) is 13.2 Å². The summed E-state index contributed by atoms with van der Waals surface area (Å²) in [4.78, 5) is 12.9. The number of nitrogens with one attached hydrogen (secondary N) is 2. The SMILES string of the molecule is COc1ccc(C(=O)Nc2ccc(NC(C)c3ccccc3)cc2)cc1S(=O)(=O)N1CCOCC1. The third-order valence-corrected chi connectivity index (χ3v) is 7.76. The molecule has 0 aromatic heterocycles. The molecule has 1 aliphatic heterocycles. The number of sulfonamides is 1. The van der Waals surface area contributed by atoms with E-state index in [1.807, 2.05) is 30.3 Å². The van der Waals surface area contributed by atoms with Crippen molar-refractivity contribution in [2.75, 3.05) is 44.0 Å². The average Bonchev–Trinajstić information content (AvgIpc) is 2.90. The van der Waals surface area contributed by atoms with E-state index in [1.54, 1.807) is 18.2 Å². The van der Waals surface area contributed by atoms with Crippen molar-refractivity contribution in [3.05, 3.63) is 83.9 Å². The van der Waals surface area contributed by atoms with Crippen LogP contribution in [0.3, 0.4) is 0 Å². The van der Waals surface area contributed by atoms with Gasteiger partial charge in [-0.05, 0) is 55.0 Å². The van der Waals surface area contributed by atoms with Crippen LogP contribution >= 0.6 is 0 Å². The Morgan fingerprint density at radius 3 is 2.29 bits per heavy atom. The van der Waals surface area contributed by atoms with E-state index >= 15 is 0 Å². The summed E-state index contributed by atoms with van der Waals surface area (Å²) in [6.07, 6.45) is 0. The van der Waals surface area contributed by atoms with Gasteiger partial charge < -0.3 is 20.1 Å². The topological polar surface area (TPSA) is 97.0 Å². The van der Waals surface area contributed by atoms with Crippen molar-refractivity contribution in [3.8, 4) is 5.75 Å². The average molecular weight is 496 g/mol. The standard InChI is InChI=1S/C26H29N3O5S/c1-19(20-6-4-3-5-7-20)27-22-9-11-23(12-10-22)28-26(30)21-8-13-24(33-2)25(18-21)35(31,32)29-14-16-34-17-15-29/h3-13,18-19,27H,14-17H2,1-2H3,(H,28,30). The lowest BCUT2D eigenvalue weighted by Crippen LogP contribution is -2.40. The van der Waals surface area contributed by atoms with Crippen LogP contribution in [0.1, 0.15) is 28.9 Å². The molecule has 1 fully saturated rings.